The Morgan fingerprint density at radius 1 is 1.59 bits per heavy atom. The van der Waals surface area contributed by atoms with E-state index in [4.69, 9.17) is 11.6 Å². The van der Waals surface area contributed by atoms with Gasteiger partial charge in [0.25, 0.3) is 5.91 Å². The SMILES string of the molecule is O=C(NCC1CCCC1O)c1ncncc1Cl. The van der Waals surface area contributed by atoms with Gasteiger partial charge in [-0.25, -0.2) is 9.97 Å². The molecule has 1 heterocycles. The van der Waals surface area contributed by atoms with Gasteiger partial charge in [0.15, 0.2) is 0 Å². The number of aliphatic hydroxyl groups excluding tert-OH is 1. The van der Waals surface area contributed by atoms with Crippen molar-refractivity contribution in [3.63, 3.8) is 0 Å². The first kappa shape index (κ1) is 12.3. The number of aromatic nitrogens is 2. The molecule has 1 fully saturated rings. The molecule has 1 aliphatic rings. The van der Waals surface area contributed by atoms with Crippen molar-refractivity contribution in [3.05, 3.63) is 23.2 Å². The van der Waals surface area contributed by atoms with E-state index in [0.717, 1.165) is 19.3 Å². The summed E-state index contributed by atoms with van der Waals surface area (Å²) in [6, 6.07) is 0. The number of nitrogens with one attached hydrogen (secondary N) is 1. The average Bonchev–Trinajstić information content (AvgIpc) is 2.72. The number of hydrogen-bond donors (Lipinski definition) is 2. The van der Waals surface area contributed by atoms with Crippen molar-refractivity contribution < 1.29 is 9.90 Å². The number of hydrogen-bond acceptors (Lipinski definition) is 4. The first-order valence-corrected chi connectivity index (χ1v) is 5.98. The third-order valence-corrected chi connectivity index (χ3v) is 3.30. The summed E-state index contributed by atoms with van der Waals surface area (Å²) < 4.78 is 0. The Balaban J connectivity index is 1.91. The Labute approximate surface area is 104 Å². The number of halogens is 1. The molecule has 6 heteroatoms. The summed E-state index contributed by atoms with van der Waals surface area (Å²) in [5.41, 5.74) is 0.175. The molecule has 0 radical (unpaired) electrons. The first-order valence-electron chi connectivity index (χ1n) is 5.60. The second kappa shape index (κ2) is 5.42. The predicted octanol–water partition coefficient (Wildman–Crippen LogP) is 1.02. The van der Waals surface area contributed by atoms with Crippen LogP contribution in [0, 0.1) is 5.92 Å². The van der Waals surface area contributed by atoms with Gasteiger partial charge >= 0.3 is 0 Å². The fourth-order valence-corrected chi connectivity index (χ4v) is 2.23. The Bertz CT molecular complexity index is 413. The van der Waals surface area contributed by atoms with Crippen molar-refractivity contribution in [2.45, 2.75) is 25.4 Å². The first-order chi connectivity index (χ1) is 8.18. The molecule has 2 unspecified atom stereocenters. The van der Waals surface area contributed by atoms with Gasteiger partial charge in [-0.3, -0.25) is 4.79 Å². The molecule has 2 rings (SSSR count). The van der Waals surface area contributed by atoms with Crippen LogP contribution in [0.25, 0.3) is 0 Å². The fourth-order valence-electron chi connectivity index (χ4n) is 2.04. The van der Waals surface area contributed by atoms with Gasteiger partial charge < -0.3 is 10.4 Å². The van der Waals surface area contributed by atoms with Crippen LogP contribution in [0.1, 0.15) is 29.8 Å². The van der Waals surface area contributed by atoms with Crippen LogP contribution in [-0.2, 0) is 0 Å². The molecule has 1 saturated carbocycles. The summed E-state index contributed by atoms with van der Waals surface area (Å²) in [4.78, 5) is 19.3. The monoisotopic (exact) mass is 255 g/mol. The molecule has 0 saturated heterocycles. The number of aliphatic hydroxyl groups is 1. The number of carbonyl (C=O) groups excluding carboxylic acids is 1. The Kier molecular flexibility index (Phi) is 3.91. The average molecular weight is 256 g/mol. The van der Waals surface area contributed by atoms with Gasteiger partial charge in [-0.15, -0.1) is 0 Å². The second-order valence-corrected chi connectivity index (χ2v) is 4.59. The van der Waals surface area contributed by atoms with Crippen molar-refractivity contribution in [1.82, 2.24) is 15.3 Å². The number of carbonyl (C=O) groups is 1. The minimum absolute atomic E-state index is 0.138. The molecule has 0 aromatic carbocycles. The topological polar surface area (TPSA) is 75.1 Å². The molecule has 1 amide bonds. The highest BCUT2D eigenvalue weighted by Crippen LogP contribution is 2.24. The van der Waals surface area contributed by atoms with Gasteiger partial charge in [0, 0.05) is 18.7 Å². The highest BCUT2D eigenvalue weighted by Gasteiger charge is 2.25. The van der Waals surface area contributed by atoms with Crippen molar-refractivity contribution in [1.29, 1.82) is 0 Å². The summed E-state index contributed by atoms with van der Waals surface area (Å²) >= 11 is 5.81. The van der Waals surface area contributed by atoms with E-state index in [1.165, 1.54) is 12.5 Å². The maximum absolute atomic E-state index is 11.8. The lowest BCUT2D eigenvalue weighted by atomic mass is 10.1. The van der Waals surface area contributed by atoms with Crippen molar-refractivity contribution >= 4 is 17.5 Å². The Morgan fingerprint density at radius 2 is 2.41 bits per heavy atom. The zero-order valence-electron chi connectivity index (χ0n) is 9.27. The molecule has 0 bridgehead atoms. The summed E-state index contributed by atoms with van der Waals surface area (Å²) in [7, 11) is 0. The summed E-state index contributed by atoms with van der Waals surface area (Å²) in [6.07, 6.45) is 5.12. The van der Waals surface area contributed by atoms with Crippen molar-refractivity contribution in [3.8, 4) is 0 Å². The number of rotatable bonds is 3. The molecule has 5 nitrogen and oxygen atoms in total. The van der Waals surface area contributed by atoms with Crippen LogP contribution in [0.4, 0.5) is 0 Å². The van der Waals surface area contributed by atoms with E-state index in [1.54, 1.807) is 0 Å². The highest BCUT2D eigenvalue weighted by molar-refractivity contribution is 6.33. The molecule has 17 heavy (non-hydrogen) atoms. The molecule has 2 atom stereocenters. The van der Waals surface area contributed by atoms with E-state index >= 15 is 0 Å². The van der Waals surface area contributed by atoms with E-state index in [2.05, 4.69) is 15.3 Å². The second-order valence-electron chi connectivity index (χ2n) is 4.19. The summed E-state index contributed by atoms with van der Waals surface area (Å²) in [5.74, 6) is -0.184. The van der Waals surface area contributed by atoms with Crippen LogP contribution in [-0.4, -0.2) is 33.6 Å². The molecule has 0 spiro atoms. The minimum Gasteiger partial charge on any atom is -0.393 e. The molecule has 1 aromatic rings. The maximum atomic E-state index is 11.8. The van der Waals surface area contributed by atoms with E-state index in [9.17, 15) is 9.90 Å². The molecule has 1 aromatic heterocycles. The third-order valence-electron chi connectivity index (χ3n) is 3.03. The van der Waals surface area contributed by atoms with E-state index in [0.29, 0.717) is 6.54 Å². The van der Waals surface area contributed by atoms with Crippen LogP contribution in [0.5, 0.6) is 0 Å². The molecule has 1 aliphatic carbocycles. The van der Waals surface area contributed by atoms with E-state index in [1.807, 2.05) is 0 Å². The quantitative estimate of drug-likeness (QED) is 0.846. The standard InChI is InChI=1S/C11H14ClN3O2/c12-8-5-13-6-15-10(8)11(17)14-4-7-2-1-3-9(7)16/h5-7,9,16H,1-4H2,(H,14,17). The van der Waals surface area contributed by atoms with Gasteiger partial charge in [0.1, 0.15) is 12.0 Å². The molecule has 92 valence electrons. The lowest BCUT2D eigenvalue weighted by molar-refractivity contribution is 0.0912. The van der Waals surface area contributed by atoms with Crippen LogP contribution < -0.4 is 5.32 Å². The molecular weight excluding hydrogens is 242 g/mol. The van der Waals surface area contributed by atoms with Gasteiger partial charge in [-0.1, -0.05) is 18.0 Å². The van der Waals surface area contributed by atoms with Crippen LogP contribution in [0.2, 0.25) is 5.02 Å². The smallest absolute Gasteiger partial charge is 0.271 e. The van der Waals surface area contributed by atoms with Crippen molar-refractivity contribution in [2.75, 3.05) is 6.54 Å². The predicted molar refractivity (Wildman–Crippen MR) is 62.7 cm³/mol. The maximum Gasteiger partial charge on any atom is 0.271 e. The molecule has 2 N–H and O–H groups in total. The minimum atomic E-state index is -0.323. The van der Waals surface area contributed by atoms with Gasteiger partial charge in [0.05, 0.1) is 11.1 Å². The lowest BCUT2D eigenvalue weighted by Crippen LogP contribution is -2.33. The van der Waals surface area contributed by atoms with Crippen molar-refractivity contribution in [2.24, 2.45) is 5.92 Å². The lowest BCUT2D eigenvalue weighted by Gasteiger charge is -2.14. The van der Waals surface area contributed by atoms with Crippen LogP contribution >= 0.6 is 11.6 Å². The Hall–Kier alpha value is -1.20. The van der Waals surface area contributed by atoms with E-state index < -0.39 is 0 Å². The molecule has 0 aliphatic heterocycles. The number of nitrogens with zero attached hydrogens (tertiary/aromatic N) is 2. The molecular formula is C11H14ClN3O2. The van der Waals surface area contributed by atoms with Crippen LogP contribution in [0.15, 0.2) is 12.5 Å². The summed E-state index contributed by atoms with van der Waals surface area (Å²) in [6.45, 7) is 0.459. The normalized spacial score (nSPS) is 23.6. The highest BCUT2D eigenvalue weighted by atomic mass is 35.5. The summed E-state index contributed by atoms with van der Waals surface area (Å²) in [5, 5.41) is 12.6. The largest absolute Gasteiger partial charge is 0.393 e. The van der Waals surface area contributed by atoms with Gasteiger partial charge in [0.2, 0.25) is 0 Å². The van der Waals surface area contributed by atoms with Crippen LogP contribution in [0.3, 0.4) is 0 Å². The van der Waals surface area contributed by atoms with E-state index in [-0.39, 0.29) is 28.6 Å². The zero-order chi connectivity index (χ0) is 12.3. The van der Waals surface area contributed by atoms with Gasteiger partial charge in [-0.05, 0) is 12.8 Å². The number of amides is 1. The third kappa shape index (κ3) is 2.92. The Morgan fingerprint density at radius 3 is 3.06 bits per heavy atom. The fraction of sp³-hybridized carbons (Fsp3) is 0.545. The zero-order valence-corrected chi connectivity index (χ0v) is 10.0. The van der Waals surface area contributed by atoms with Gasteiger partial charge in [-0.2, -0.15) is 0 Å².